The lowest BCUT2D eigenvalue weighted by Crippen LogP contribution is -2.44. The number of carbonyl (C=O) groups is 2. The van der Waals surface area contributed by atoms with E-state index in [1.54, 1.807) is 4.90 Å². The van der Waals surface area contributed by atoms with Crippen LogP contribution in [0.15, 0.2) is 72.9 Å². The second kappa shape index (κ2) is 12.2. The van der Waals surface area contributed by atoms with Crippen molar-refractivity contribution in [2.45, 2.75) is 26.8 Å². The third kappa shape index (κ3) is 8.35. The lowest BCUT2D eigenvalue weighted by Gasteiger charge is -2.27. The highest BCUT2D eigenvalue weighted by Crippen LogP contribution is 2.07. The molecule has 0 aliphatic rings. The minimum absolute atomic E-state index is 0.0806. The van der Waals surface area contributed by atoms with Crippen LogP contribution in [0, 0.1) is 17.4 Å². The molecule has 0 heterocycles. The molecule has 0 saturated heterocycles. The molecule has 0 fully saturated rings. The fourth-order valence-corrected chi connectivity index (χ4v) is 3.09. The molecule has 162 valence electrons. The normalized spacial score (nSPS) is 10.3. The van der Waals surface area contributed by atoms with Crippen LogP contribution in [0.3, 0.4) is 0 Å². The smallest absolute Gasteiger partial charge is 0.243 e. The highest BCUT2D eigenvalue weighted by molar-refractivity contribution is 5.87. The predicted molar refractivity (Wildman–Crippen MR) is 121 cm³/mol. The summed E-state index contributed by atoms with van der Waals surface area (Å²) in [6.45, 7) is 9.24. The van der Waals surface area contributed by atoms with Gasteiger partial charge < -0.3 is 10.2 Å². The summed E-state index contributed by atoms with van der Waals surface area (Å²) >= 11 is 0. The third-order valence-corrected chi connectivity index (χ3v) is 4.62. The number of rotatable bonds is 11. The van der Waals surface area contributed by atoms with Crippen LogP contribution < -0.4 is 5.32 Å². The van der Waals surface area contributed by atoms with E-state index in [0.717, 1.165) is 16.0 Å². The molecule has 0 unspecified atom stereocenters. The Kier molecular flexibility index (Phi) is 9.31. The molecule has 6 nitrogen and oxygen atoms in total. The first-order chi connectivity index (χ1) is 14.9. The summed E-state index contributed by atoms with van der Waals surface area (Å²) in [6.07, 6.45) is 1.94. The van der Waals surface area contributed by atoms with Gasteiger partial charge >= 0.3 is 0 Å². The van der Waals surface area contributed by atoms with Gasteiger partial charge in [-0.05, 0) is 17.0 Å². The van der Waals surface area contributed by atoms with Gasteiger partial charge in [-0.3, -0.25) is 9.59 Å². The second-order valence-electron chi connectivity index (χ2n) is 7.85. The summed E-state index contributed by atoms with van der Waals surface area (Å²) in [7, 11) is 0. The van der Waals surface area contributed by atoms with Crippen molar-refractivity contribution in [2.75, 3.05) is 19.6 Å². The van der Waals surface area contributed by atoms with Gasteiger partial charge in [0.05, 0.1) is 13.0 Å². The largest absolute Gasteiger partial charge is 0.383 e. The third-order valence-electron chi connectivity index (χ3n) is 4.62. The first-order valence-electron chi connectivity index (χ1n) is 10.4. The molecule has 0 spiro atoms. The Morgan fingerprint density at radius 3 is 2.10 bits per heavy atom. The van der Waals surface area contributed by atoms with Gasteiger partial charge in [0.2, 0.25) is 11.8 Å². The highest BCUT2D eigenvalue weighted by Gasteiger charge is 2.22. The molecule has 0 bridgehead atoms. The molecule has 2 amide bonds. The highest BCUT2D eigenvalue weighted by atomic mass is 16.2. The Morgan fingerprint density at radius 2 is 1.55 bits per heavy atom. The van der Waals surface area contributed by atoms with E-state index in [0.29, 0.717) is 25.3 Å². The minimum atomic E-state index is -0.396. The monoisotopic (exact) mass is 418 g/mol. The Morgan fingerprint density at radius 1 is 0.968 bits per heavy atom. The summed E-state index contributed by atoms with van der Waals surface area (Å²) < 4.78 is 0. The van der Waals surface area contributed by atoms with Crippen LogP contribution in [0.2, 0.25) is 0 Å². The van der Waals surface area contributed by atoms with Crippen LogP contribution in [0.5, 0.6) is 0 Å². The number of hydrogen-bond donors (Lipinski definition) is 1. The van der Waals surface area contributed by atoms with Crippen LogP contribution in [-0.2, 0) is 22.6 Å². The van der Waals surface area contributed by atoms with Gasteiger partial charge in [-0.2, -0.15) is 5.26 Å². The molecule has 0 aliphatic heterocycles. The van der Waals surface area contributed by atoms with Crippen molar-refractivity contribution in [1.29, 1.82) is 5.26 Å². The summed E-state index contributed by atoms with van der Waals surface area (Å²) in [6, 6.07) is 19.1. The molecule has 1 N–H and O–H groups in total. The van der Waals surface area contributed by atoms with Crippen molar-refractivity contribution in [1.82, 2.24) is 15.1 Å². The van der Waals surface area contributed by atoms with E-state index in [1.807, 2.05) is 80.7 Å². The Labute approximate surface area is 184 Å². The van der Waals surface area contributed by atoms with E-state index in [-0.39, 0.29) is 24.8 Å². The van der Waals surface area contributed by atoms with E-state index in [9.17, 15) is 14.9 Å². The lowest BCUT2D eigenvalue weighted by atomic mass is 10.1. The molecule has 2 aromatic carbocycles. The molecule has 0 aliphatic carbocycles. The van der Waals surface area contributed by atoms with E-state index in [1.165, 1.54) is 0 Å². The summed E-state index contributed by atoms with van der Waals surface area (Å²) in [5, 5.41) is 12.7. The number of carbonyl (C=O) groups excluding carboxylic acids is 2. The van der Waals surface area contributed by atoms with E-state index < -0.39 is 5.91 Å². The van der Waals surface area contributed by atoms with Crippen molar-refractivity contribution in [3.63, 3.8) is 0 Å². The van der Waals surface area contributed by atoms with Gasteiger partial charge in [-0.25, -0.2) is 4.90 Å². The summed E-state index contributed by atoms with van der Waals surface area (Å²) in [4.78, 5) is 28.0. The fraction of sp³-hybridized carbons (Fsp3) is 0.320. The van der Waals surface area contributed by atoms with E-state index >= 15 is 0 Å². The number of nitrogens with one attached hydrogen (secondary N) is 1. The van der Waals surface area contributed by atoms with E-state index in [2.05, 4.69) is 11.9 Å². The van der Waals surface area contributed by atoms with Crippen LogP contribution in [-0.4, -0.2) is 41.2 Å². The molecule has 0 radical (unpaired) electrons. The SMILES string of the molecule is C=C(CN(CC(C)C)C(=O)CN(C#N)C(=O)Cc1ccccc1)NCc1ccccc1. The zero-order chi connectivity index (χ0) is 22.6. The summed E-state index contributed by atoms with van der Waals surface area (Å²) in [5.74, 6) is -0.437. The van der Waals surface area contributed by atoms with Gasteiger partial charge in [0.25, 0.3) is 0 Å². The quantitative estimate of drug-likeness (QED) is 0.449. The zero-order valence-corrected chi connectivity index (χ0v) is 18.3. The Bertz CT molecular complexity index is 904. The first-order valence-corrected chi connectivity index (χ1v) is 10.4. The maximum atomic E-state index is 12.9. The lowest BCUT2D eigenvalue weighted by molar-refractivity contribution is -0.137. The van der Waals surface area contributed by atoms with Gasteiger partial charge in [0, 0.05) is 18.8 Å². The number of hydrogen-bond acceptors (Lipinski definition) is 4. The molecule has 0 atom stereocenters. The van der Waals surface area contributed by atoms with Crippen molar-refractivity contribution >= 4 is 11.8 Å². The maximum absolute atomic E-state index is 12.9. The minimum Gasteiger partial charge on any atom is -0.383 e. The fourth-order valence-electron chi connectivity index (χ4n) is 3.09. The molecular weight excluding hydrogens is 388 g/mol. The molecule has 2 rings (SSSR count). The van der Waals surface area contributed by atoms with Crippen LogP contribution in [0.25, 0.3) is 0 Å². The average Bonchev–Trinajstić information content (AvgIpc) is 2.76. The van der Waals surface area contributed by atoms with Crippen LogP contribution in [0.1, 0.15) is 25.0 Å². The van der Waals surface area contributed by atoms with Gasteiger partial charge in [0.1, 0.15) is 6.54 Å². The van der Waals surface area contributed by atoms with Crippen LogP contribution >= 0.6 is 0 Å². The molecule has 2 aromatic rings. The number of nitrogens with zero attached hydrogens (tertiary/aromatic N) is 3. The Balaban J connectivity index is 1.96. The molecule has 0 aromatic heterocycles. The van der Waals surface area contributed by atoms with Crippen molar-refractivity contribution in [3.8, 4) is 6.19 Å². The van der Waals surface area contributed by atoms with Gasteiger partial charge in [0.15, 0.2) is 6.19 Å². The Hall–Kier alpha value is -3.59. The van der Waals surface area contributed by atoms with Gasteiger partial charge in [-0.15, -0.1) is 0 Å². The standard InChI is InChI=1S/C25H30N4O2/c1-20(2)16-28(17-21(3)27-15-23-12-8-5-9-13-23)25(31)18-29(19-26)24(30)14-22-10-6-4-7-11-22/h4-13,20,27H,3,14-18H2,1-2H3. The predicted octanol–water partition coefficient (Wildman–Crippen LogP) is 3.33. The first kappa shape index (κ1) is 23.7. The topological polar surface area (TPSA) is 76.4 Å². The number of amides is 2. The number of nitriles is 1. The molecule has 31 heavy (non-hydrogen) atoms. The van der Waals surface area contributed by atoms with Crippen LogP contribution in [0.4, 0.5) is 0 Å². The zero-order valence-electron chi connectivity index (χ0n) is 18.3. The number of benzene rings is 2. The average molecular weight is 419 g/mol. The summed E-state index contributed by atoms with van der Waals surface area (Å²) in [5.41, 5.74) is 2.63. The van der Waals surface area contributed by atoms with Crippen molar-refractivity contribution < 1.29 is 9.59 Å². The second-order valence-corrected chi connectivity index (χ2v) is 7.85. The van der Waals surface area contributed by atoms with E-state index in [4.69, 9.17) is 0 Å². The van der Waals surface area contributed by atoms with Crippen molar-refractivity contribution in [2.24, 2.45) is 5.92 Å². The molecule has 6 heteroatoms. The molecular formula is C25H30N4O2. The molecule has 0 saturated carbocycles. The van der Waals surface area contributed by atoms with Gasteiger partial charge in [-0.1, -0.05) is 81.1 Å². The van der Waals surface area contributed by atoms with Crippen molar-refractivity contribution in [3.05, 3.63) is 84.1 Å². The maximum Gasteiger partial charge on any atom is 0.243 e.